The summed E-state index contributed by atoms with van der Waals surface area (Å²) >= 11 is 0. The molecule has 6 N–H and O–H groups in total. The van der Waals surface area contributed by atoms with Gasteiger partial charge in [-0.05, 0) is 19.1 Å². The number of pyridine rings is 2. The molecule has 0 aliphatic rings. The summed E-state index contributed by atoms with van der Waals surface area (Å²) < 4.78 is 19.1. The van der Waals surface area contributed by atoms with Crippen molar-refractivity contribution in [3.8, 4) is 5.88 Å². The minimum atomic E-state index is -0.802. The van der Waals surface area contributed by atoms with E-state index < -0.39 is 11.7 Å². The number of carbonyl (C=O) groups excluding carboxylic acids is 1. The second-order valence-corrected chi connectivity index (χ2v) is 5.15. The van der Waals surface area contributed by atoms with E-state index in [2.05, 4.69) is 20.6 Å². The number of ether oxygens (including phenoxy) is 1. The first kappa shape index (κ1) is 17.4. The van der Waals surface area contributed by atoms with Gasteiger partial charge in [-0.3, -0.25) is 4.79 Å². The average molecular weight is 334 g/mol. The van der Waals surface area contributed by atoms with E-state index in [4.69, 9.17) is 16.2 Å². The van der Waals surface area contributed by atoms with Crippen LogP contribution in [0.25, 0.3) is 0 Å². The first-order chi connectivity index (χ1) is 11.4. The zero-order valence-corrected chi connectivity index (χ0v) is 13.3. The normalized spacial score (nSPS) is 11.7. The molecule has 0 spiro atoms. The van der Waals surface area contributed by atoms with E-state index in [1.54, 1.807) is 19.1 Å². The Bertz CT molecular complexity index is 738. The van der Waals surface area contributed by atoms with Gasteiger partial charge in [-0.2, -0.15) is 0 Å². The minimum Gasteiger partial charge on any atom is -0.481 e. The molecule has 0 saturated carbocycles. The lowest BCUT2D eigenvalue weighted by Crippen LogP contribution is -2.26. The fourth-order valence-corrected chi connectivity index (χ4v) is 1.89. The van der Waals surface area contributed by atoms with Gasteiger partial charge in [-0.15, -0.1) is 0 Å². The molecule has 8 nitrogen and oxygen atoms in total. The number of halogens is 1. The van der Waals surface area contributed by atoms with Gasteiger partial charge in [0.2, 0.25) is 5.88 Å². The third-order valence-electron chi connectivity index (χ3n) is 3.04. The maximum atomic E-state index is 14.1. The lowest BCUT2D eigenvalue weighted by atomic mass is 10.2. The van der Waals surface area contributed by atoms with Crippen LogP contribution in [0, 0.1) is 5.82 Å². The van der Waals surface area contributed by atoms with Gasteiger partial charge in [-0.25, -0.2) is 14.4 Å². The maximum Gasteiger partial charge on any atom is 0.252 e. The summed E-state index contributed by atoms with van der Waals surface area (Å²) in [5, 5.41) is 5.70. The second-order valence-electron chi connectivity index (χ2n) is 5.15. The van der Waals surface area contributed by atoms with Crippen LogP contribution in [0.3, 0.4) is 0 Å². The molecule has 2 rings (SSSR count). The summed E-state index contributed by atoms with van der Waals surface area (Å²) in [4.78, 5) is 19.6. The number of hydrogen-bond donors (Lipinski definition) is 4. The highest BCUT2D eigenvalue weighted by Gasteiger charge is 2.16. The van der Waals surface area contributed by atoms with Crippen LogP contribution in [0.5, 0.6) is 5.88 Å². The van der Waals surface area contributed by atoms with Gasteiger partial charge in [0.15, 0.2) is 11.6 Å². The van der Waals surface area contributed by atoms with Gasteiger partial charge in [-0.1, -0.05) is 0 Å². The second kappa shape index (κ2) is 7.55. The van der Waals surface area contributed by atoms with Crippen molar-refractivity contribution in [2.75, 3.05) is 24.3 Å². The number of rotatable bonds is 7. The van der Waals surface area contributed by atoms with Crippen LogP contribution in [-0.2, 0) is 0 Å². The number of hydrogen-bond acceptors (Lipinski definition) is 7. The molecular weight excluding hydrogens is 315 g/mol. The van der Waals surface area contributed by atoms with Crippen LogP contribution in [-0.4, -0.2) is 35.6 Å². The average Bonchev–Trinajstić information content (AvgIpc) is 2.54. The number of nitrogens with two attached hydrogens (primary N) is 2. The van der Waals surface area contributed by atoms with Gasteiger partial charge >= 0.3 is 0 Å². The van der Waals surface area contributed by atoms with Crippen LogP contribution < -0.4 is 26.8 Å². The Morgan fingerprint density at radius 2 is 2.17 bits per heavy atom. The van der Waals surface area contributed by atoms with E-state index in [1.165, 1.54) is 13.3 Å². The molecule has 0 aromatic carbocycles. The van der Waals surface area contributed by atoms with Crippen molar-refractivity contribution in [2.45, 2.75) is 13.0 Å². The number of carbonyl (C=O) groups is 1. The molecule has 1 amide bonds. The van der Waals surface area contributed by atoms with E-state index in [9.17, 15) is 9.18 Å². The highest BCUT2D eigenvalue weighted by Crippen LogP contribution is 2.24. The van der Waals surface area contributed by atoms with Crippen molar-refractivity contribution >= 4 is 23.2 Å². The van der Waals surface area contributed by atoms with Crippen LogP contribution in [0.15, 0.2) is 24.4 Å². The van der Waals surface area contributed by atoms with E-state index >= 15 is 0 Å². The molecule has 1 unspecified atom stereocenters. The summed E-state index contributed by atoms with van der Waals surface area (Å²) in [6.07, 6.45) is 1.52. The first-order valence-corrected chi connectivity index (χ1v) is 7.17. The molecule has 9 heteroatoms. The molecule has 2 aromatic heterocycles. The number of aromatic nitrogens is 2. The van der Waals surface area contributed by atoms with Gasteiger partial charge in [0.05, 0.1) is 12.7 Å². The third kappa shape index (κ3) is 4.29. The van der Waals surface area contributed by atoms with Crippen LogP contribution in [0.1, 0.15) is 17.3 Å². The predicted octanol–water partition coefficient (Wildman–Crippen LogP) is 1.23. The third-order valence-corrected chi connectivity index (χ3v) is 3.04. The van der Waals surface area contributed by atoms with Gasteiger partial charge in [0.1, 0.15) is 5.82 Å². The zero-order chi connectivity index (χ0) is 17.7. The van der Waals surface area contributed by atoms with Crippen molar-refractivity contribution in [3.05, 3.63) is 35.8 Å². The van der Waals surface area contributed by atoms with Crippen LogP contribution in [0.4, 0.5) is 21.7 Å². The summed E-state index contributed by atoms with van der Waals surface area (Å²) in [5.41, 5.74) is 11.4. The Kier molecular flexibility index (Phi) is 5.48. The van der Waals surface area contributed by atoms with E-state index in [0.717, 1.165) is 6.07 Å². The molecule has 2 aromatic rings. The molecule has 2 heterocycles. The molecule has 0 aliphatic carbocycles. The Balaban J connectivity index is 2.37. The van der Waals surface area contributed by atoms with Crippen LogP contribution in [0.2, 0.25) is 0 Å². The largest absolute Gasteiger partial charge is 0.481 e. The standard InChI is InChI=1S/C15H19FN6O2/c1-8(17)7-20-15-11(16)6-10(13(18)23)14(22-15)21-9-3-4-19-12(5-9)24-2/h3-6,8H,7,17H2,1-2H3,(H2,18,23)(H2,19,20,21,22). The van der Waals surface area contributed by atoms with Crippen molar-refractivity contribution in [2.24, 2.45) is 11.5 Å². The topological polar surface area (TPSA) is 128 Å². The van der Waals surface area contributed by atoms with Gasteiger partial charge in [0.25, 0.3) is 5.91 Å². The van der Waals surface area contributed by atoms with Crippen molar-refractivity contribution in [1.29, 1.82) is 0 Å². The molecule has 128 valence electrons. The molecule has 0 radical (unpaired) electrons. The summed E-state index contributed by atoms with van der Waals surface area (Å²) in [6.45, 7) is 2.09. The van der Waals surface area contributed by atoms with Crippen LogP contribution >= 0.6 is 0 Å². The molecule has 0 bridgehead atoms. The Labute approximate surface area is 138 Å². The smallest absolute Gasteiger partial charge is 0.252 e. The summed E-state index contributed by atoms with van der Waals surface area (Å²) in [6, 6.07) is 4.08. The maximum absolute atomic E-state index is 14.1. The van der Waals surface area contributed by atoms with E-state index in [0.29, 0.717) is 18.1 Å². The molecule has 0 saturated heterocycles. The Morgan fingerprint density at radius 3 is 2.79 bits per heavy atom. The summed E-state index contributed by atoms with van der Waals surface area (Å²) in [5.74, 6) is -1.03. The quantitative estimate of drug-likeness (QED) is 0.599. The first-order valence-electron chi connectivity index (χ1n) is 7.17. The van der Waals surface area contributed by atoms with E-state index in [-0.39, 0.29) is 23.2 Å². The molecule has 0 aliphatic heterocycles. The van der Waals surface area contributed by atoms with Crippen molar-refractivity contribution < 1.29 is 13.9 Å². The monoisotopic (exact) mass is 334 g/mol. The van der Waals surface area contributed by atoms with Crippen molar-refractivity contribution in [3.63, 3.8) is 0 Å². The number of amides is 1. The molecule has 1 atom stereocenters. The molecular formula is C15H19FN6O2. The summed E-state index contributed by atoms with van der Waals surface area (Å²) in [7, 11) is 1.48. The fraction of sp³-hybridized carbons (Fsp3) is 0.267. The Morgan fingerprint density at radius 1 is 1.42 bits per heavy atom. The van der Waals surface area contributed by atoms with Gasteiger partial charge in [0, 0.05) is 30.5 Å². The lowest BCUT2D eigenvalue weighted by molar-refractivity contribution is 0.100. The number of anilines is 3. The minimum absolute atomic E-state index is 0.0270. The van der Waals surface area contributed by atoms with Crippen molar-refractivity contribution in [1.82, 2.24) is 9.97 Å². The van der Waals surface area contributed by atoms with Gasteiger partial charge < -0.3 is 26.8 Å². The Hall–Kier alpha value is -2.94. The lowest BCUT2D eigenvalue weighted by Gasteiger charge is -2.14. The fourth-order valence-electron chi connectivity index (χ4n) is 1.89. The number of nitrogens with one attached hydrogen (secondary N) is 2. The zero-order valence-electron chi connectivity index (χ0n) is 13.3. The molecule has 0 fully saturated rings. The predicted molar refractivity (Wildman–Crippen MR) is 88.9 cm³/mol. The number of methoxy groups -OCH3 is 1. The highest BCUT2D eigenvalue weighted by molar-refractivity contribution is 5.98. The molecule has 24 heavy (non-hydrogen) atoms. The SMILES string of the molecule is COc1cc(Nc2nc(NCC(C)N)c(F)cc2C(N)=O)ccn1. The number of nitrogens with zero attached hydrogens (tertiary/aromatic N) is 2. The van der Waals surface area contributed by atoms with E-state index in [1.807, 2.05) is 0 Å². The number of primary amides is 1. The highest BCUT2D eigenvalue weighted by atomic mass is 19.1.